The first kappa shape index (κ1) is 25.0. The Morgan fingerprint density at radius 3 is 2.79 bits per heavy atom. The highest BCUT2D eigenvalue weighted by Crippen LogP contribution is 2.29. The molecule has 0 spiro atoms. The summed E-state index contributed by atoms with van der Waals surface area (Å²) in [6.45, 7) is 1.87. The first-order chi connectivity index (χ1) is 16.3. The van der Waals surface area contributed by atoms with Gasteiger partial charge in [-0.15, -0.1) is 0 Å². The third-order valence-corrected chi connectivity index (χ3v) is 4.51. The van der Waals surface area contributed by atoms with E-state index in [1.807, 2.05) is 0 Å². The van der Waals surface area contributed by atoms with Gasteiger partial charge in [-0.3, -0.25) is 9.89 Å². The highest BCUT2D eigenvalue weighted by molar-refractivity contribution is 6.44. The number of rotatable bonds is 9. The lowest BCUT2D eigenvalue weighted by atomic mass is 10.2. The van der Waals surface area contributed by atoms with Crippen molar-refractivity contribution in [3.8, 4) is 5.88 Å². The Balaban J connectivity index is 1.60. The zero-order chi connectivity index (χ0) is 24.6. The van der Waals surface area contributed by atoms with E-state index < -0.39 is 36.3 Å². The second-order valence-corrected chi connectivity index (χ2v) is 6.93. The Kier molecular flexibility index (Phi) is 8.40. The Morgan fingerprint density at radius 1 is 1.32 bits per heavy atom. The van der Waals surface area contributed by atoms with Crippen LogP contribution in [0.25, 0.3) is 0 Å². The van der Waals surface area contributed by atoms with Crippen molar-refractivity contribution in [1.29, 1.82) is 0 Å². The number of H-pyrrole nitrogens is 1. The number of halogens is 3. The van der Waals surface area contributed by atoms with Gasteiger partial charge in [0.25, 0.3) is 5.91 Å². The van der Waals surface area contributed by atoms with E-state index in [1.165, 1.54) is 17.2 Å². The molecule has 0 saturated carbocycles. The molecule has 2 aromatic rings. The van der Waals surface area contributed by atoms with E-state index in [1.54, 1.807) is 6.92 Å². The summed E-state index contributed by atoms with van der Waals surface area (Å²) in [6.07, 6.45) is -2.95. The van der Waals surface area contributed by atoms with Crippen LogP contribution in [0.3, 0.4) is 0 Å². The van der Waals surface area contributed by atoms with Crippen molar-refractivity contribution in [2.24, 2.45) is 5.16 Å². The molecular weight excluding hydrogens is 463 g/mol. The summed E-state index contributed by atoms with van der Waals surface area (Å²) in [5, 5.41) is 10.2. The molecule has 3 rings (SSSR count). The lowest BCUT2D eigenvalue weighted by molar-refractivity contribution is -0.148. The first-order valence-electron chi connectivity index (χ1n) is 10.2. The standard InChI is InChI=1S/C20H22F3N5O6/c1-2-31-17(29)12-34-27-18(15-5-6-25-26-15)19(30)28-7-8-32-14(10-28)11-33-16-4-3-13(9-24-16)20(21,22)23/h3-6,9,14H,2,7-8,10-12H2,1H3,(H,25,26). The third kappa shape index (κ3) is 6.91. The average molecular weight is 485 g/mol. The fraction of sp³-hybridized carbons (Fsp3) is 0.450. The number of aromatic amines is 1. The van der Waals surface area contributed by atoms with Gasteiger partial charge in [-0.1, -0.05) is 5.16 Å². The molecule has 11 nitrogen and oxygen atoms in total. The number of carbonyl (C=O) groups is 2. The minimum Gasteiger partial charge on any atom is -0.475 e. The van der Waals surface area contributed by atoms with E-state index >= 15 is 0 Å². The van der Waals surface area contributed by atoms with Gasteiger partial charge in [-0.25, -0.2) is 9.78 Å². The van der Waals surface area contributed by atoms with Crippen LogP contribution in [0.4, 0.5) is 13.2 Å². The first-order valence-corrected chi connectivity index (χ1v) is 10.2. The molecule has 0 bridgehead atoms. The smallest absolute Gasteiger partial charge is 0.417 e. The van der Waals surface area contributed by atoms with Crippen molar-refractivity contribution in [2.75, 3.05) is 39.5 Å². The van der Waals surface area contributed by atoms with Crippen molar-refractivity contribution in [3.63, 3.8) is 0 Å². The van der Waals surface area contributed by atoms with Crippen LogP contribution < -0.4 is 4.74 Å². The topological polar surface area (TPSA) is 128 Å². The van der Waals surface area contributed by atoms with Crippen LogP contribution in [-0.2, 0) is 30.1 Å². The van der Waals surface area contributed by atoms with Gasteiger partial charge in [0.1, 0.15) is 12.7 Å². The molecule has 0 aromatic carbocycles. The number of esters is 1. The number of nitrogens with zero attached hydrogens (tertiary/aromatic N) is 4. The molecule has 1 saturated heterocycles. The molecule has 1 aliphatic heterocycles. The van der Waals surface area contributed by atoms with Crippen LogP contribution >= 0.6 is 0 Å². The molecule has 34 heavy (non-hydrogen) atoms. The summed E-state index contributed by atoms with van der Waals surface area (Å²) in [6, 6.07) is 3.49. The molecule has 1 aliphatic rings. The Hall–Kier alpha value is -3.68. The molecule has 3 heterocycles. The van der Waals surface area contributed by atoms with E-state index in [-0.39, 0.29) is 50.2 Å². The Morgan fingerprint density at radius 2 is 2.15 bits per heavy atom. The van der Waals surface area contributed by atoms with Gasteiger partial charge < -0.3 is 23.9 Å². The zero-order valence-electron chi connectivity index (χ0n) is 18.1. The molecule has 1 unspecified atom stereocenters. The van der Waals surface area contributed by atoms with Crippen molar-refractivity contribution in [1.82, 2.24) is 20.1 Å². The number of oxime groups is 1. The number of morpholine rings is 1. The number of hydrogen-bond acceptors (Lipinski definition) is 9. The largest absolute Gasteiger partial charge is 0.475 e. The zero-order valence-corrected chi connectivity index (χ0v) is 18.1. The van der Waals surface area contributed by atoms with Crippen LogP contribution in [0.1, 0.15) is 18.2 Å². The number of pyridine rings is 1. The number of alkyl halides is 3. The summed E-state index contributed by atoms with van der Waals surface area (Å²) >= 11 is 0. The maximum Gasteiger partial charge on any atom is 0.417 e. The molecule has 0 aliphatic carbocycles. The second-order valence-electron chi connectivity index (χ2n) is 6.93. The highest BCUT2D eigenvalue weighted by atomic mass is 19.4. The Bertz CT molecular complexity index is 982. The van der Waals surface area contributed by atoms with Crippen molar-refractivity contribution >= 4 is 17.6 Å². The van der Waals surface area contributed by atoms with Crippen molar-refractivity contribution in [3.05, 3.63) is 41.9 Å². The van der Waals surface area contributed by atoms with E-state index in [4.69, 9.17) is 19.0 Å². The minimum atomic E-state index is -4.49. The van der Waals surface area contributed by atoms with Crippen LogP contribution in [0.2, 0.25) is 0 Å². The quantitative estimate of drug-likeness (QED) is 0.321. The minimum absolute atomic E-state index is 0.00729. The number of aromatic nitrogens is 3. The van der Waals surface area contributed by atoms with E-state index in [0.29, 0.717) is 6.20 Å². The van der Waals surface area contributed by atoms with E-state index in [9.17, 15) is 22.8 Å². The van der Waals surface area contributed by atoms with E-state index in [0.717, 1.165) is 12.1 Å². The van der Waals surface area contributed by atoms with Crippen molar-refractivity contribution < 1.29 is 41.8 Å². The maximum absolute atomic E-state index is 13.1. The number of nitrogens with one attached hydrogen (secondary N) is 1. The number of amides is 1. The third-order valence-electron chi connectivity index (χ3n) is 4.51. The van der Waals surface area contributed by atoms with Crippen LogP contribution in [0.5, 0.6) is 5.88 Å². The molecule has 1 amide bonds. The lowest BCUT2D eigenvalue weighted by Gasteiger charge is -2.32. The van der Waals surface area contributed by atoms with Gasteiger partial charge in [0.15, 0.2) is 5.71 Å². The fourth-order valence-corrected chi connectivity index (χ4v) is 2.91. The van der Waals surface area contributed by atoms with Crippen LogP contribution in [0.15, 0.2) is 35.7 Å². The van der Waals surface area contributed by atoms with Gasteiger partial charge in [0.2, 0.25) is 12.5 Å². The molecule has 0 radical (unpaired) electrons. The summed E-state index contributed by atoms with van der Waals surface area (Å²) in [5.41, 5.74) is -0.712. The Labute approximate surface area is 191 Å². The van der Waals surface area contributed by atoms with Gasteiger partial charge >= 0.3 is 12.1 Å². The van der Waals surface area contributed by atoms with Gasteiger partial charge in [-0.05, 0) is 19.1 Å². The maximum atomic E-state index is 13.1. The number of hydrogen-bond donors (Lipinski definition) is 1. The highest BCUT2D eigenvalue weighted by Gasteiger charge is 2.31. The number of ether oxygens (including phenoxy) is 3. The monoisotopic (exact) mass is 485 g/mol. The molecule has 14 heteroatoms. The average Bonchev–Trinajstić information content (AvgIpc) is 3.35. The predicted octanol–water partition coefficient (Wildman–Crippen LogP) is 1.41. The fourth-order valence-electron chi connectivity index (χ4n) is 2.91. The molecule has 184 valence electrons. The van der Waals surface area contributed by atoms with E-state index in [2.05, 4.69) is 20.3 Å². The van der Waals surface area contributed by atoms with Gasteiger partial charge in [0.05, 0.1) is 31.0 Å². The summed E-state index contributed by atoms with van der Waals surface area (Å²) in [4.78, 5) is 34.6. The molecule has 1 atom stereocenters. The number of carbonyl (C=O) groups excluding carboxylic acids is 2. The molecule has 2 aromatic heterocycles. The van der Waals surface area contributed by atoms with Crippen LogP contribution in [-0.4, -0.2) is 83.3 Å². The summed E-state index contributed by atoms with van der Waals surface area (Å²) < 4.78 is 53.7. The summed E-state index contributed by atoms with van der Waals surface area (Å²) in [5.74, 6) is -1.15. The normalized spacial score (nSPS) is 16.8. The van der Waals surface area contributed by atoms with Crippen molar-refractivity contribution in [2.45, 2.75) is 19.2 Å². The molecule has 1 fully saturated rings. The van der Waals surface area contributed by atoms with Crippen LogP contribution in [0, 0.1) is 0 Å². The van der Waals surface area contributed by atoms with Gasteiger partial charge in [0, 0.05) is 25.0 Å². The predicted molar refractivity (Wildman–Crippen MR) is 109 cm³/mol. The molecular formula is C20H22F3N5O6. The van der Waals surface area contributed by atoms with Gasteiger partial charge in [-0.2, -0.15) is 18.3 Å². The lowest BCUT2D eigenvalue weighted by Crippen LogP contribution is -2.50. The second kappa shape index (κ2) is 11.4. The summed E-state index contributed by atoms with van der Waals surface area (Å²) in [7, 11) is 0. The SMILES string of the molecule is CCOC(=O)CON=C(C(=O)N1CCOC(COc2ccc(C(F)(F)F)cn2)C1)c1ccn[nH]1. The molecule has 1 N–H and O–H groups in total.